The van der Waals surface area contributed by atoms with E-state index < -0.39 is 17.8 Å². The summed E-state index contributed by atoms with van der Waals surface area (Å²) in [5, 5.41) is 11.6. The van der Waals surface area contributed by atoms with Crippen LogP contribution in [0.15, 0.2) is 35.5 Å². The van der Waals surface area contributed by atoms with Crippen LogP contribution in [-0.2, 0) is 4.79 Å². The summed E-state index contributed by atoms with van der Waals surface area (Å²) >= 11 is 6.89. The topological polar surface area (TPSA) is 66.7 Å². The van der Waals surface area contributed by atoms with Crippen LogP contribution in [-0.4, -0.2) is 11.1 Å². The second-order valence-electron chi connectivity index (χ2n) is 4.40. The molecule has 1 heterocycles. The van der Waals surface area contributed by atoms with E-state index in [2.05, 4.69) is 5.18 Å². The number of benzene rings is 1. The van der Waals surface area contributed by atoms with Crippen molar-refractivity contribution in [1.29, 1.82) is 0 Å². The molecule has 0 fully saturated rings. The average Bonchev–Trinajstić information content (AvgIpc) is 2.79. The van der Waals surface area contributed by atoms with Crippen molar-refractivity contribution in [3.05, 3.63) is 51.0 Å². The molecule has 110 valence electrons. The van der Waals surface area contributed by atoms with Crippen molar-refractivity contribution < 1.29 is 14.3 Å². The number of carbonyl (C=O) groups is 1. The number of hydrogen-bond donors (Lipinski definition) is 1. The summed E-state index contributed by atoms with van der Waals surface area (Å²) in [6.45, 7) is 0. The van der Waals surface area contributed by atoms with Gasteiger partial charge in [0, 0.05) is 12.5 Å². The monoisotopic (exact) mass is 327 g/mol. The zero-order chi connectivity index (χ0) is 15.4. The lowest BCUT2D eigenvalue weighted by Gasteiger charge is -2.08. The van der Waals surface area contributed by atoms with Crippen LogP contribution >= 0.6 is 22.9 Å². The fourth-order valence-electron chi connectivity index (χ4n) is 1.93. The fourth-order valence-corrected chi connectivity index (χ4v) is 3.03. The Bertz CT molecular complexity index is 657. The highest BCUT2D eigenvalue weighted by Crippen LogP contribution is 2.35. The molecule has 0 aliphatic rings. The molecule has 0 amide bonds. The van der Waals surface area contributed by atoms with E-state index in [-0.39, 0.29) is 12.8 Å². The van der Waals surface area contributed by atoms with Gasteiger partial charge < -0.3 is 5.11 Å². The van der Waals surface area contributed by atoms with E-state index in [0.29, 0.717) is 20.3 Å². The van der Waals surface area contributed by atoms with Crippen molar-refractivity contribution in [3.63, 3.8) is 0 Å². The normalized spacial score (nSPS) is 12.1. The summed E-state index contributed by atoms with van der Waals surface area (Å²) in [6.07, 6.45) is 0.00465. The van der Waals surface area contributed by atoms with Gasteiger partial charge in [-0.25, -0.2) is 4.39 Å². The van der Waals surface area contributed by atoms with Gasteiger partial charge in [0.2, 0.25) is 0 Å². The molecular weight excluding hydrogens is 317 g/mol. The molecule has 4 nitrogen and oxygen atoms in total. The largest absolute Gasteiger partial charge is 0.481 e. The Balaban J connectivity index is 2.19. The van der Waals surface area contributed by atoms with Gasteiger partial charge in [0.25, 0.3) is 0 Å². The predicted octanol–water partition coefficient (Wildman–Crippen LogP) is 4.88. The van der Waals surface area contributed by atoms with E-state index in [1.165, 1.54) is 6.07 Å². The van der Waals surface area contributed by atoms with Gasteiger partial charge in [0.05, 0.1) is 9.21 Å². The van der Waals surface area contributed by atoms with E-state index in [9.17, 15) is 14.1 Å². The molecule has 2 aromatic rings. The van der Waals surface area contributed by atoms with Gasteiger partial charge in [-0.15, -0.1) is 11.3 Å². The standard InChI is InChI=1S/C14H11ClFNO3S/c15-12-7-10(16)14(21-12)9-3-1-8(2-4-9)11(17-20)5-6-13(18)19/h1-4,7,11H,5-6H2,(H,18,19). The van der Waals surface area contributed by atoms with Gasteiger partial charge >= 0.3 is 5.97 Å². The van der Waals surface area contributed by atoms with Crippen LogP contribution in [0.5, 0.6) is 0 Å². The molecule has 2 rings (SSSR count). The highest BCUT2D eigenvalue weighted by Gasteiger charge is 2.15. The van der Waals surface area contributed by atoms with Crippen molar-refractivity contribution in [2.24, 2.45) is 5.18 Å². The minimum Gasteiger partial charge on any atom is -0.481 e. The SMILES string of the molecule is O=NC(CCC(=O)O)c1ccc(-c2sc(Cl)cc2F)cc1. The van der Waals surface area contributed by atoms with Gasteiger partial charge in [0.1, 0.15) is 11.9 Å². The van der Waals surface area contributed by atoms with Crippen LogP contribution in [0.4, 0.5) is 4.39 Å². The highest BCUT2D eigenvalue weighted by atomic mass is 35.5. The molecule has 0 spiro atoms. The van der Waals surface area contributed by atoms with Crippen LogP contribution < -0.4 is 0 Å². The quantitative estimate of drug-likeness (QED) is 0.769. The third-order valence-electron chi connectivity index (χ3n) is 2.97. The van der Waals surface area contributed by atoms with E-state index in [4.69, 9.17) is 16.7 Å². The van der Waals surface area contributed by atoms with Gasteiger partial charge in [0.15, 0.2) is 0 Å². The van der Waals surface area contributed by atoms with Gasteiger partial charge in [-0.2, -0.15) is 4.91 Å². The second kappa shape index (κ2) is 6.78. The first-order valence-electron chi connectivity index (χ1n) is 6.10. The number of thiophene rings is 1. The number of rotatable bonds is 6. The highest BCUT2D eigenvalue weighted by molar-refractivity contribution is 7.19. The molecule has 0 saturated heterocycles. The van der Waals surface area contributed by atoms with Crippen LogP contribution in [0.2, 0.25) is 4.34 Å². The van der Waals surface area contributed by atoms with E-state index in [1.807, 2.05) is 0 Å². The van der Waals surface area contributed by atoms with Gasteiger partial charge in [-0.1, -0.05) is 41.0 Å². The Morgan fingerprint density at radius 2 is 2.05 bits per heavy atom. The maximum Gasteiger partial charge on any atom is 0.303 e. The second-order valence-corrected chi connectivity index (χ2v) is 6.09. The lowest BCUT2D eigenvalue weighted by Crippen LogP contribution is -2.00. The van der Waals surface area contributed by atoms with Crippen molar-refractivity contribution in [2.75, 3.05) is 0 Å². The Hall–Kier alpha value is -1.79. The van der Waals surface area contributed by atoms with Crippen LogP contribution in [0.25, 0.3) is 10.4 Å². The minimum absolute atomic E-state index is 0.132. The number of nitroso groups, excluding NO2 is 1. The Morgan fingerprint density at radius 3 is 2.52 bits per heavy atom. The fraction of sp³-hybridized carbons (Fsp3) is 0.214. The Morgan fingerprint density at radius 1 is 1.38 bits per heavy atom. The zero-order valence-corrected chi connectivity index (χ0v) is 12.3. The van der Waals surface area contributed by atoms with Gasteiger partial charge in [-0.3, -0.25) is 4.79 Å². The molecule has 1 atom stereocenters. The maximum atomic E-state index is 13.6. The lowest BCUT2D eigenvalue weighted by molar-refractivity contribution is -0.137. The Labute approximate surface area is 129 Å². The first-order chi connectivity index (χ1) is 10.0. The summed E-state index contributed by atoms with van der Waals surface area (Å²) in [5.41, 5.74) is 1.26. The Kier molecular flexibility index (Phi) is 5.03. The van der Waals surface area contributed by atoms with Crippen LogP contribution in [0.3, 0.4) is 0 Å². The summed E-state index contributed by atoms with van der Waals surface area (Å²) in [6, 6.07) is 7.16. The van der Waals surface area contributed by atoms with E-state index in [0.717, 1.165) is 11.3 Å². The molecule has 0 saturated carbocycles. The van der Waals surface area contributed by atoms with E-state index in [1.54, 1.807) is 24.3 Å². The molecule has 1 N–H and O–H groups in total. The lowest BCUT2D eigenvalue weighted by atomic mass is 10.0. The predicted molar refractivity (Wildman–Crippen MR) is 80.1 cm³/mol. The summed E-state index contributed by atoms with van der Waals surface area (Å²) < 4.78 is 14.0. The average molecular weight is 328 g/mol. The number of hydrogen-bond acceptors (Lipinski definition) is 4. The van der Waals surface area contributed by atoms with Crippen LogP contribution in [0, 0.1) is 10.7 Å². The molecule has 1 aromatic carbocycles. The molecule has 0 aliphatic carbocycles. The number of halogens is 2. The molecule has 1 unspecified atom stereocenters. The molecule has 0 bridgehead atoms. The summed E-state index contributed by atoms with van der Waals surface area (Å²) in [4.78, 5) is 21.8. The molecule has 7 heteroatoms. The molecule has 0 aliphatic heterocycles. The smallest absolute Gasteiger partial charge is 0.303 e. The van der Waals surface area contributed by atoms with Gasteiger partial charge in [-0.05, 0) is 17.5 Å². The van der Waals surface area contributed by atoms with Crippen LogP contribution in [0.1, 0.15) is 24.4 Å². The summed E-state index contributed by atoms with van der Waals surface area (Å²) in [5.74, 6) is -1.37. The van der Waals surface area contributed by atoms with E-state index >= 15 is 0 Å². The molecule has 21 heavy (non-hydrogen) atoms. The first kappa shape index (κ1) is 15.6. The third kappa shape index (κ3) is 3.86. The molecule has 1 aromatic heterocycles. The first-order valence-corrected chi connectivity index (χ1v) is 7.30. The number of aliphatic carboxylic acids is 1. The van der Waals surface area contributed by atoms with Crippen molar-refractivity contribution in [3.8, 4) is 10.4 Å². The summed E-state index contributed by atoms with van der Waals surface area (Å²) in [7, 11) is 0. The zero-order valence-electron chi connectivity index (χ0n) is 10.8. The van der Waals surface area contributed by atoms with Crippen molar-refractivity contribution in [1.82, 2.24) is 0 Å². The number of nitrogens with zero attached hydrogens (tertiary/aromatic N) is 1. The minimum atomic E-state index is -0.976. The third-order valence-corrected chi connectivity index (χ3v) is 4.26. The van der Waals surface area contributed by atoms with Crippen molar-refractivity contribution in [2.45, 2.75) is 18.9 Å². The molecular formula is C14H11ClFNO3S. The molecule has 0 radical (unpaired) electrons. The number of carboxylic acid groups (broad SMARTS) is 1. The maximum absolute atomic E-state index is 13.6. The van der Waals surface area contributed by atoms with Crippen molar-refractivity contribution >= 4 is 28.9 Å². The number of carboxylic acids is 1.